The lowest BCUT2D eigenvalue weighted by Crippen LogP contribution is -2.47. The summed E-state index contributed by atoms with van der Waals surface area (Å²) in [5, 5.41) is 0. The van der Waals surface area contributed by atoms with Crippen molar-refractivity contribution in [1.29, 1.82) is 0 Å². The average Bonchev–Trinajstić information content (AvgIpc) is 2.12. The second-order valence-electron chi connectivity index (χ2n) is 17.3. The molecule has 0 fully saturated rings. The molecule has 0 bridgehead atoms. The van der Waals surface area contributed by atoms with Crippen molar-refractivity contribution in [3.05, 3.63) is 0 Å². The standard InChI is InChI=1S/C40H46F32O14/c41-27(42,19-77-7-11-83-35(59,60)15-29(45,46)21-79-25(73)23(39(67,68)69)85-37(63,64)17-31(49,50)51)13-33(55,56)81-9-5-75-3-1-2-4-76-6-10-82-34(57,58)14-28(43,44)20-78-8-12-84-36(61,62)16-30(47,48)22-80-26(74)24(40(70,71)72)86-38(65,66)18-32(52,53)54/h23-24H,1-22H2. The number of alkyl halides is 32. The number of halogens is 32. The molecule has 0 saturated carbocycles. The summed E-state index contributed by atoms with van der Waals surface area (Å²) in [6, 6.07) is 0. The summed E-state index contributed by atoms with van der Waals surface area (Å²) in [6.07, 6.45) is -81.9. The molecule has 0 rings (SSSR count). The molecule has 0 radical (unpaired) electrons. The van der Waals surface area contributed by atoms with Crippen LogP contribution in [0.4, 0.5) is 140 Å². The Hall–Kier alpha value is -3.70. The monoisotopic (exact) mass is 1360 g/mol. The molecule has 0 aromatic heterocycles. The van der Waals surface area contributed by atoms with Gasteiger partial charge in [-0.25, -0.2) is 44.7 Å². The van der Waals surface area contributed by atoms with Gasteiger partial charge in [0.2, 0.25) is 0 Å². The van der Waals surface area contributed by atoms with Crippen LogP contribution in [0.5, 0.6) is 0 Å². The molecule has 86 heavy (non-hydrogen) atoms. The summed E-state index contributed by atoms with van der Waals surface area (Å²) in [5.74, 6) is -25.6. The minimum atomic E-state index is -6.31. The van der Waals surface area contributed by atoms with E-state index in [1.165, 1.54) is 0 Å². The zero-order valence-electron chi connectivity index (χ0n) is 42.5. The number of carbonyl (C=O) groups is 2. The van der Waals surface area contributed by atoms with Crippen molar-refractivity contribution in [3.63, 3.8) is 0 Å². The van der Waals surface area contributed by atoms with Crippen LogP contribution < -0.4 is 0 Å². The highest BCUT2D eigenvalue weighted by atomic mass is 19.4. The second-order valence-corrected chi connectivity index (χ2v) is 17.3. The van der Waals surface area contributed by atoms with Gasteiger partial charge in [0.15, 0.2) is 13.2 Å². The Balaban J connectivity index is 4.49. The van der Waals surface area contributed by atoms with E-state index in [2.05, 4.69) is 47.4 Å². The van der Waals surface area contributed by atoms with E-state index >= 15 is 0 Å². The van der Waals surface area contributed by atoms with Crippen molar-refractivity contribution >= 4 is 11.9 Å². The lowest BCUT2D eigenvalue weighted by Gasteiger charge is -2.27. The van der Waals surface area contributed by atoms with Gasteiger partial charge >= 0.3 is 73.3 Å². The minimum absolute atomic E-state index is 0.0429. The van der Waals surface area contributed by atoms with Crippen LogP contribution >= 0.6 is 0 Å². The molecule has 0 saturated heterocycles. The molecule has 2 unspecified atom stereocenters. The predicted molar refractivity (Wildman–Crippen MR) is 209 cm³/mol. The van der Waals surface area contributed by atoms with Gasteiger partial charge in [0, 0.05) is 13.2 Å². The zero-order valence-corrected chi connectivity index (χ0v) is 42.5. The van der Waals surface area contributed by atoms with E-state index in [1.807, 2.05) is 0 Å². The molecule has 0 amide bonds. The van der Waals surface area contributed by atoms with E-state index < -0.39 is 227 Å². The Labute approximate surface area is 460 Å². The highest BCUT2D eigenvalue weighted by molar-refractivity contribution is 5.76. The second kappa shape index (κ2) is 32.9. The van der Waals surface area contributed by atoms with Crippen molar-refractivity contribution < 1.29 is 207 Å². The smallest absolute Gasteiger partial charge is 0.425 e. The molecule has 0 N–H and O–H groups in total. The van der Waals surface area contributed by atoms with Gasteiger partial charge in [-0.1, -0.05) is 0 Å². The molecule has 0 spiro atoms. The number of rotatable bonds is 45. The molecule has 514 valence electrons. The molecule has 2 atom stereocenters. The Morgan fingerprint density at radius 1 is 0.267 bits per heavy atom. The predicted octanol–water partition coefficient (Wildman–Crippen LogP) is 12.4. The molecule has 0 aromatic carbocycles. The molecule has 0 heterocycles. The number of carbonyl (C=O) groups excluding carboxylic acids is 2. The normalized spacial score (nSPS) is 15.3. The molecular weight excluding hydrogens is 1310 g/mol. The third-order valence-corrected chi connectivity index (χ3v) is 8.74. The first-order valence-electron chi connectivity index (χ1n) is 22.9. The van der Waals surface area contributed by atoms with Crippen LogP contribution in [0, 0.1) is 0 Å². The molecular formula is C40H46F32O14. The van der Waals surface area contributed by atoms with E-state index in [-0.39, 0.29) is 26.1 Å². The Kier molecular flexibility index (Phi) is 31.4. The number of esters is 2. The van der Waals surface area contributed by atoms with Crippen LogP contribution in [-0.4, -0.2) is 202 Å². The van der Waals surface area contributed by atoms with Gasteiger partial charge in [-0.15, -0.1) is 0 Å². The maximum absolute atomic E-state index is 14.0. The molecule has 0 aliphatic carbocycles. The number of hydrogen-bond acceptors (Lipinski definition) is 14. The van der Waals surface area contributed by atoms with Gasteiger partial charge in [-0.2, -0.15) is 105 Å². The van der Waals surface area contributed by atoms with E-state index in [9.17, 15) is 150 Å². The summed E-state index contributed by atoms with van der Waals surface area (Å²) in [5.41, 5.74) is 0. The first-order chi connectivity index (χ1) is 38.3. The van der Waals surface area contributed by atoms with E-state index in [0.717, 1.165) is 0 Å². The Bertz CT molecular complexity index is 1830. The fraction of sp³-hybridized carbons (Fsp3) is 0.950. The third kappa shape index (κ3) is 40.8. The van der Waals surface area contributed by atoms with Crippen molar-refractivity contribution in [1.82, 2.24) is 0 Å². The summed E-state index contributed by atoms with van der Waals surface area (Å²) < 4.78 is 472. The number of hydrogen-bond donors (Lipinski definition) is 0. The first kappa shape index (κ1) is 82.3. The SMILES string of the molecule is O=C(OCC(F)(F)CC(F)(F)OCCOCC(F)(F)CC(F)(F)OCCOCCCCOCCOC(F)(F)CC(F)(F)COCCOC(F)(F)CC(F)(F)COC(=O)C(OC(F)(F)CC(F)(F)F)C(F)(F)F)C(OC(F)(F)CC(F)(F)F)C(F)(F)F. The summed E-state index contributed by atoms with van der Waals surface area (Å²) in [4.78, 5) is 23.0. The van der Waals surface area contributed by atoms with Gasteiger partial charge in [-0.3, -0.25) is 9.47 Å². The summed E-state index contributed by atoms with van der Waals surface area (Å²) >= 11 is 0. The summed E-state index contributed by atoms with van der Waals surface area (Å²) in [6.45, 7) is -19.3. The maximum atomic E-state index is 14.0. The maximum Gasteiger partial charge on any atom is 0.425 e. The van der Waals surface area contributed by atoms with Gasteiger partial charge in [-0.05, 0) is 12.8 Å². The highest BCUT2D eigenvalue weighted by Crippen LogP contribution is 2.41. The van der Waals surface area contributed by atoms with Crippen molar-refractivity contribution in [2.24, 2.45) is 0 Å². The lowest BCUT2D eigenvalue weighted by atomic mass is 10.2. The minimum Gasteiger partial charge on any atom is -0.457 e. The van der Waals surface area contributed by atoms with Crippen LogP contribution in [0.15, 0.2) is 0 Å². The number of ether oxygens (including phenoxy) is 12. The van der Waals surface area contributed by atoms with Crippen LogP contribution in [0.25, 0.3) is 0 Å². The molecule has 14 nitrogen and oxygen atoms in total. The summed E-state index contributed by atoms with van der Waals surface area (Å²) in [7, 11) is 0. The van der Waals surface area contributed by atoms with Gasteiger partial charge in [0.05, 0.1) is 52.9 Å². The van der Waals surface area contributed by atoms with Gasteiger partial charge < -0.3 is 47.4 Å². The van der Waals surface area contributed by atoms with Gasteiger partial charge in [0.25, 0.3) is 35.9 Å². The van der Waals surface area contributed by atoms with Crippen LogP contribution in [0.1, 0.15) is 51.4 Å². The average molecular weight is 1360 g/mol. The first-order valence-corrected chi connectivity index (χ1v) is 22.9. The topological polar surface area (TPSA) is 145 Å². The zero-order chi connectivity index (χ0) is 67.4. The Morgan fingerprint density at radius 3 is 0.733 bits per heavy atom. The van der Waals surface area contributed by atoms with Crippen LogP contribution in [0.2, 0.25) is 0 Å². The number of unbranched alkanes of at least 4 members (excludes halogenated alkanes) is 1. The fourth-order valence-electron chi connectivity index (χ4n) is 5.56. The van der Waals surface area contributed by atoms with Crippen molar-refractivity contribution in [2.45, 2.75) is 149 Å². The molecule has 0 aliphatic heterocycles. The van der Waals surface area contributed by atoms with Gasteiger partial charge in [0.1, 0.15) is 51.7 Å². The molecule has 0 aliphatic rings. The quantitative estimate of drug-likeness (QED) is 0.0324. The van der Waals surface area contributed by atoms with E-state index in [0.29, 0.717) is 0 Å². The van der Waals surface area contributed by atoms with Crippen molar-refractivity contribution in [3.8, 4) is 0 Å². The Morgan fingerprint density at radius 2 is 0.500 bits per heavy atom. The van der Waals surface area contributed by atoms with Crippen molar-refractivity contribution in [2.75, 3.05) is 92.5 Å². The third-order valence-electron chi connectivity index (χ3n) is 8.74. The van der Waals surface area contributed by atoms with Crippen LogP contribution in [-0.2, 0) is 66.4 Å². The largest absolute Gasteiger partial charge is 0.457 e. The van der Waals surface area contributed by atoms with E-state index in [1.54, 1.807) is 0 Å². The lowest BCUT2D eigenvalue weighted by molar-refractivity contribution is -0.345. The fourth-order valence-corrected chi connectivity index (χ4v) is 5.56. The highest BCUT2D eigenvalue weighted by Gasteiger charge is 2.58. The van der Waals surface area contributed by atoms with E-state index in [4.69, 9.17) is 9.47 Å². The molecule has 46 heteroatoms. The van der Waals surface area contributed by atoms with Crippen LogP contribution in [0.3, 0.4) is 0 Å². The molecule has 0 aromatic rings.